The zero-order valence-electron chi connectivity index (χ0n) is 6.16. The van der Waals surface area contributed by atoms with Gasteiger partial charge in [-0.1, -0.05) is 13.3 Å². The molecule has 3 nitrogen and oxygen atoms in total. The van der Waals surface area contributed by atoms with Gasteiger partial charge in [-0.3, -0.25) is 0 Å². The summed E-state index contributed by atoms with van der Waals surface area (Å²) in [6, 6.07) is 1.09. The molecular formula is C6H14O3Si. The molecule has 0 aliphatic heterocycles. The lowest BCUT2D eigenvalue weighted by Gasteiger charge is -2.06. The predicted molar refractivity (Wildman–Crippen MR) is 41.3 cm³/mol. The summed E-state index contributed by atoms with van der Waals surface area (Å²) in [4.78, 5) is 19.1. The maximum atomic E-state index is 9.91. The van der Waals surface area contributed by atoms with E-state index < -0.39 is 15.1 Å². The molecule has 0 radical (unpaired) electrons. The lowest BCUT2D eigenvalue weighted by Crippen LogP contribution is -2.20. The van der Waals surface area contributed by atoms with E-state index >= 15 is 0 Å². The Balaban J connectivity index is 3.36. The number of rotatable bonds is 5. The summed E-state index contributed by atoms with van der Waals surface area (Å²) in [5.74, 6) is 0. The molecule has 0 amide bonds. The van der Waals surface area contributed by atoms with Crippen molar-refractivity contribution in [2.45, 2.75) is 31.5 Å². The second-order valence-electron chi connectivity index (χ2n) is 2.38. The average Bonchev–Trinajstić information content (AvgIpc) is 1.88. The maximum absolute atomic E-state index is 9.91. The highest BCUT2D eigenvalue weighted by atomic mass is 28.3. The topological polar surface area (TPSA) is 57.5 Å². The summed E-state index contributed by atoms with van der Waals surface area (Å²) >= 11 is 0. The fourth-order valence-electron chi connectivity index (χ4n) is 0.785. The third-order valence-electron chi connectivity index (χ3n) is 1.29. The van der Waals surface area contributed by atoms with Gasteiger partial charge in [0.1, 0.15) is 12.4 Å². The van der Waals surface area contributed by atoms with E-state index in [1.54, 1.807) is 0 Å². The van der Waals surface area contributed by atoms with Gasteiger partial charge in [-0.15, -0.1) is 0 Å². The van der Waals surface area contributed by atoms with Gasteiger partial charge >= 0.3 is 0 Å². The van der Waals surface area contributed by atoms with E-state index in [0.717, 1.165) is 12.5 Å². The van der Waals surface area contributed by atoms with Crippen molar-refractivity contribution in [3.8, 4) is 0 Å². The Hall–Kier alpha value is -0.193. The van der Waals surface area contributed by atoms with Crippen molar-refractivity contribution in [2.24, 2.45) is 0 Å². The van der Waals surface area contributed by atoms with Crippen molar-refractivity contribution in [3.63, 3.8) is 0 Å². The Bertz CT molecular complexity index is 97.0. The summed E-state index contributed by atoms with van der Waals surface area (Å²) in [5, 5.41) is 8.76. The minimum absolute atomic E-state index is 0.303. The van der Waals surface area contributed by atoms with Gasteiger partial charge in [0.05, 0.1) is 0 Å². The van der Waals surface area contributed by atoms with Crippen molar-refractivity contribution in [3.05, 3.63) is 0 Å². The molecule has 2 unspecified atom stereocenters. The van der Waals surface area contributed by atoms with Crippen LogP contribution in [0.2, 0.25) is 12.1 Å². The Morgan fingerprint density at radius 1 is 1.70 bits per heavy atom. The van der Waals surface area contributed by atoms with Crippen molar-refractivity contribution >= 4 is 15.3 Å². The average molecular weight is 162 g/mol. The largest absolute Gasteiger partial charge is 0.435 e. The first kappa shape index (κ1) is 9.81. The van der Waals surface area contributed by atoms with Gasteiger partial charge < -0.3 is 14.7 Å². The second kappa shape index (κ2) is 5.58. The molecule has 0 aliphatic carbocycles. The van der Waals surface area contributed by atoms with Crippen molar-refractivity contribution in [1.29, 1.82) is 0 Å². The van der Waals surface area contributed by atoms with Crippen molar-refractivity contribution in [2.75, 3.05) is 0 Å². The SMILES string of the molecule is CCC[SiH](O)CC(O)C=O. The first-order valence-corrected chi connectivity index (χ1v) is 5.67. The molecule has 60 valence electrons. The molecule has 10 heavy (non-hydrogen) atoms. The van der Waals surface area contributed by atoms with Crippen LogP contribution in [0.15, 0.2) is 0 Å². The number of aliphatic hydroxyl groups excluding tert-OH is 1. The summed E-state index contributed by atoms with van der Waals surface area (Å²) in [5.41, 5.74) is 0. The molecule has 0 saturated heterocycles. The molecule has 0 aliphatic rings. The first-order valence-electron chi connectivity index (χ1n) is 3.52. The zero-order valence-corrected chi connectivity index (χ0v) is 7.31. The van der Waals surface area contributed by atoms with Crippen LogP contribution in [0.3, 0.4) is 0 Å². The fraction of sp³-hybridized carbons (Fsp3) is 0.833. The molecule has 0 heterocycles. The van der Waals surface area contributed by atoms with E-state index in [1.165, 1.54) is 0 Å². The molecule has 0 aromatic rings. The van der Waals surface area contributed by atoms with Gasteiger partial charge in [-0.2, -0.15) is 0 Å². The zero-order chi connectivity index (χ0) is 7.98. The number of hydrogen-bond donors (Lipinski definition) is 2. The number of aliphatic hydroxyl groups is 1. The van der Waals surface area contributed by atoms with Crippen LogP contribution >= 0.6 is 0 Å². The van der Waals surface area contributed by atoms with E-state index in [2.05, 4.69) is 0 Å². The molecule has 0 bridgehead atoms. The number of carbonyl (C=O) groups excluding carboxylic acids is 1. The lowest BCUT2D eigenvalue weighted by molar-refractivity contribution is -0.114. The minimum Gasteiger partial charge on any atom is -0.435 e. The standard InChI is InChI=1S/C6H14O3Si/c1-2-3-10(9)5-6(8)4-7/h4,6,8-10H,2-3,5H2,1H3. The number of hydrogen-bond acceptors (Lipinski definition) is 3. The third-order valence-corrected chi connectivity index (χ3v) is 3.56. The van der Waals surface area contributed by atoms with E-state index in [0.29, 0.717) is 12.3 Å². The van der Waals surface area contributed by atoms with Gasteiger partial charge in [0.25, 0.3) is 0 Å². The van der Waals surface area contributed by atoms with Gasteiger partial charge in [0.2, 0.25) is 0 Å². The van der Waals surface area contributed by atoms with E-state index in [1.807, 2.05) is 6.92 Å². The number of carbonyl (C=O) groups is 1. The van der Waals surface area contributed by atoms with Crippen molar-refractivity contribution < 1.29 is 14.7 Å². The normalized spacial score (nSPS) is 16.3. The molecule has 2 N–H and O–H groups in total. The summed E-state index contributed by atoms with van der Waals surface area (Å²) in [7, 11) is -1.76. The van der Waals surface area contributed by atoms with Crippen LogP contribution in [-0.4, -0.2) is 31.3 Å². The smallest absolute Gasteiger partial charge is 0.175 e. The van der Waals surface area contributed by atoms with Crippen LogP contribution < -0.4 is 0 Å². The predicted octanol–water partition coefficient (Wildman–Crippen LogP) is -0.328. The molecule has 4 heteroatoms. The van der Waals surface area contributed by atoms with Gasteiger partial charge in [0, 0.05) is 0 Å². The minimum atomic E-state index is -1.76. The highest BCUT2D eigenvalue weighted by molar-refractivity contribution is 6.50. The molecular weight excluding hydrogens is 148 g/mol. The van der Waals surface area contributed by atoms with Crippen LogP contribution in [0, 0.1) is 0 Å². The molecule has 0 spiro atoms. The van der Waals surface area contributed by atoms with Crippen LogP contribution in [0.25, 0.3) is 0 Å². The van der Waals surface area contributed by atoms with Crippen LogP contribution in [-0.2, 0) is 4.79 Å². The van der Waals surface area contributed by atoms with E-state index in [4.69, 9.17) is 5.11 Å². The highest BCUT2D eigenvalue weighted by Gasteiger charge is 2.11. The summed E-state index contributed by atoms with van der Waals surface area (Å²) in [6.45, 7) is 1.98. The highest BCUT2D eigenvalue weighted by Crippen LogP contribution is 2.01. The van der Waals surface area contributed by atoms with E-state index in [-0.39, 0.29) is 0 Å². The summed E-state index contributed by atoms with van der Waals surface area (Å²) < 4.78 is 0. The fourth-order valence-corrected chi connectivity index (χ4v) is 2.36. The summed E-state index contributed by atoms with van der Waals surface area (Å²) in [6.07, 6.45) is 0.471. The van der Waals surface area contributed by atoms with Gasteiger partial charge in [0.15, 0.2) is 9.04 Å². The molecule has 0 rings (SSSR count). The molecule has 0 fully saturated rings. The quantitative estimate of drug-likeness (QED) is 0.430. The van der Waals surface area contributed by atoms with Crippen LogP contribution in [0.1, 0.15) is 13.3 Å². The lowest BCUT2D eigenvalue weighted by atomic mass is 10.5. The Morgan fingerprint density at radius 2 is 2.30 bits per heavy atom. The second-order valence-corrected chi connectivity index (χ2v) is 4.74. The molecule has 2 atom stereocenters. The van der Waals surface area contributed by atoms with Crippen molar-refractivity contribution in [1.82, 2.24) is 0 Å². The van der Waals surface area contributed by atoms with Crippen LogP contribution in [0.5, 0.6) is 0 Å². The number of aldehydes is 1. The first-order chi connectivity index (χ1) is 4.70. The third kappa shape index (κ3) is 4.66. The maximum Gasteiger partial charge on any atom is 0.175 e. The van der Waals surface area contributed by atoms with E-state index in [9.17, 15) is 9.59 Å². The Labute approximate surface area is 62.4 Å². The molecule has 0 aromatic heterocycles. The Morgan fingerprint density at radius 3 is 2.70 bits per heavy atom. The van der Waals surface area contributed by atoms with Gasteiger partial charge in [-0.05, 0) is 12.1 Å². The Kier molecular flexibility index (Phi) is 5.47. The monoisotopic (exact) mass is 162 g/mol. The van der Waals surface area contributed by atoms with Gasteiger partial charge in [-0.25, -0.2) is 0 Å². The molecule has 0 aromatic carbocycles. The van der Waals surface area contributed by atoms with Crippen LogP contribution in [0.4, 0.5) is 0 Å². The molecule has 0 saturated carbocycles.